The van der Waals surface area contributed by atoms with Crippen LogP contribution in [0.25, 0.3) is 33.2 Å². The SMILES string of the molecule is C[C@H]1CN(Cc2ccc3c(c2)n(C2CC2)c(=O)n3C2CCC(=O)NC2=O)CCN1CC1CCN(C(=O)c2ccc(C3CCN(Cc4cc5c(-c6ccc(N)nc6)ccnc5n4C)CC3)cc2)CC1. The minimum atomic E-state index is -0.669. The quantitative estimate of drug-likeness (QED) is 0.146. The molecule has 0 radical (unpaired) electrons. The molecule has 1 aliphatic carbocycles. The number of imide groups is 1. The maximum absolute atomic E-state index is 13.7. The van der Waals surface area contributed by atoms with Gasteiger partial charge in [-0.25, -0.2) is 14.8 Å². The number of nitrogens with zero attached hydrogens (tertiary/aromatic N) is 9. The molecule has 2 atom stereocenters. The molecule has 1 saturated carbocycles. The summed E-state index contributed by atoms with van der Waals surface area (Å²) in [4.78, 5) is 70.9. The lowest BCUT2D eigenvalue weighted by Crippen LogP contribution is -2.53. The number of hydrogen-bond donors (Lipinski definition) is 2. The third kappa shape index (κ3) is 8.75. The highest BCUT2D eigenvalue weighted by molar-refractivity contribution is 6.00. The number of benzene rings is 2. The van der Waals surface area contributed by atoms with Gasteiger partial charge in [-0.15, -0.1) is 0 Å². The topological polar surface area (TPSA) is 160 Å². The molecular weight excluding hydrogens is 855 g/mol. The van der Waals surface area contributed by atoms with E-state index >= 15 is 0 Å². The second-order valence-corrected chi connectivity index (χ2v) is 20.3. The molecule has 5 fully saturated rings. The molecule has 15 nitrogen and oxygen atoms in total. The maximum Gasteiger partial charge on any atom is 0.330 e. The number of rotatable bonds is 11. The van der Waals surface area contributed by atoms with E-state index in [9.17, 15) is 19.2 Å². The molecule has 3 N–H and O–H groups in total. The molecule has 0 spiro atoms. The van der Waals surface area contributed by atoms with Crippen LogP contribution >= 0.6 is 0 Å². The van der Waals surface area contributed by atoms with Gasteiger partial charge in [-0.2, -0.15) is 0 Å². The molecule has 8 heterocycles. The van der Waals surface area contributed by atoms with Gasteiger partial charge in [0.25, 0.3) is 5.91 Å². The van der Waals surface area contributed by atoms with Crippen LogP contribution in [0.5, 0.6) is 0 Å². The van der Waals surface area contributed by atoms with Crippen molar-refractivity contribution in [1.82, 2.24) is 48.6 Å². The Kier molecular flexibility index (Phi) is 12.0. The van der Waals surface area contributed by atoms with Crippen molar-refractivity contribution in [3.8, 4) is 11.1 Å². The Hall–Kier alpha value is -6.16. The maximum atomic E-state index is 13.7. The number of piperidine rings is 3. The summed E-state index contributed by atoms with van der Waals surface area (Å²) in [7, 11) is 2.10. The molecule has 1 unspecified atom stereocenters. The Morgan fingerprint density at radius 2 is 1.57 bits per heavy atom. The van der Waals surface area contributed by atoms with Crippen molar-refractivity contribution in [2.75, 3.05) is 58.1 Å². The highest BCUT2D eigenvalue weighted by Crippen LogP contribution is 2.38. The summed E-state index contributed by atoms with van der Waals surface area (Å²) in [5, 5.41) is 3.56. The number of carbonyl (C=O) groups is 3. The molecule has 68 heavy (non-hydrogen) atoms. The monoisotopic (exact) mass is 918 g/mol. The highest BCUT2D eigenvalue weighted by Gasteiger charge is 2.36. The van der Waals surface area contributed by atoms with Gasteiger partial charge in [0, 0.05) is 113 Å². The fourth-order valence-corrected chi connectivity index (χ4v) is 11.7. The largest absolute Gasteiger partial charge is 0.384 e. The fourth-order valence-electron chi connectivity index (χ4n) is 11.7. The minimum absolute atomic E-state index is 0.145. The Bertz CT molecular complexity index is 2920. The Morgan fingerprint density at radius 1 is 0.779 bits per heavy atom. The van der Waals surface area contributed by atoms with Crippen LogP contribution in [0, 0.1) is 5.92 Å². The van der Waals surface area contributed by atoms with Crippen LogP contribution in [0.1, 0.15) is 103 Å². The Balaban J connectivity index is 0.639. The average molecular weight is 918 g/mol. The molecule has 3 amide bonds. The van der Waals surface area contributed by atoms with E-state index in [2.05, 4.69) is 90.9 Å². The molecular formula is C53H63N11O4. The zero-order valence-corrected chi connectivity index (χ0v) is 39.4. The van der Waals surface area contributed by atoms with Crippen molar-refractivity contribution in [3.05, 3.63) is 112 Å². The van der Waals surface area contributed by atoms with E-state index in [1.165, 1.54) is 11.3 Å². The molecule has 11 rings (SSSR count). The van der Waals surface area contributed by atoms with Crippen molar-refractivity contribution >= 4 is 45.6 Å². The van der Waals surface area contributed by atoms with Crippen LogP contribution in [-0.2, 0) is 29.7 Å². The summed E-state index contributed by atoms with van der Waals surface area (Å²) in [6, 6.07) is 22.8. The molecule has 6 aromatic rings. The number of aryl methyl sites for hydroxylation is 1. The molecule has 15 heteroatoms. The van der Waals surface area contributed by atoms with E-state index in [0.29, 0.717) is 30.1 Å². The van der Waals surface area contributed by atoms with Crippen molar-refractivity contribution in [2.45, 2.75) is 95.4 Å². The third-order valence-electron chi connectivity index (χ3n) is 15.8. The summed E-state index contributed by atoms with van der Waals surface area (Å²) in [5.41, 5.74) is 15.0. The second kappa shape index (κ2) is 18.4. The van der Waals surface area contributed by atoms with E-state index < -0.39 is 11.9 Å². The molecule has 5 aliphatic rings. The predicted octanol–water partition coefficient (Wildman–Crippen LogP) is 6.08. The van der Waals surface area contributed by atoms with Gasteiger partial charge in [-0.1, -0.05) is 18.2 Å². The number of carbonyl (C=O) groups excluding carboxylic acids is 3. The van der Waals surface area contributed by atoms with E-state index in [1.54, 1.807) is 4.57 Å². The number of nitrogen functional groups attached to an aromatic ring is 1. The number of aromatic nitrogens is 5. The van der Waals surface area contributed by atoms with E-state index in [1.807, 2.05) is 41.2 Å². The summed E-state index contributed by atoms with van der Waals surface area (Å²) in [6.45, 7) is 11.6. The Labute approximate surface area is 396 Å². The number of nitrogens with two attached hydrogens (primary N) is 1. The highest BCUT2D eigenvalue weighted by atomic mass is 16.2. The number of amides is 3. The first kappa shape index (κ1) is 44.4. The summed E-state index contributed by atoms with van der Waals surface area (Å²) in [5.74, 6) is 1.04. The zero-order valence-electron chi connectivity index (χ0n) is 39.4. The molecule has 0 bridgehead atoms. The van der Waals surface area contributed by atoms with Crippen LogP contribution in [0.3, 0.4) is 0 Å². The molecule has 4 aromatic heterocycles. The van der Waals surface area contributed by atoms with Gasteiger partial charge in [0.15, 0.2) is 0 Å². The molecule has 354 valence electrons. The molecule has 2 aromatic carbocycles. The van der Waals surface area contributed by atoms with Crippen molar-refractivity contribution in [1.29, 1.82) is 0 Å². The van der Waals surface area contributed by atoms with Gasteiger partial charge >= 0.3 is 5.69 Å². The average Bonchev–Trinajstić information content (AvgIpc) is 4.08. The standard InChI is InChI=1S/C53H63N11O4/c1-34-30-60(31-36-3-11-45-47(27-36)63(41-9-10-41)53(68)64(45)46-12-14-49(65)57-51(46)66)25-26-62(34)32-35-16-23-61(24-17-35)52(67)39-6-4-37(5-7-39)38-18-21-59(22-19-38)33-42-28-44-43(15-20-55-50(44)58(42)2)40-8-13-48(54)56-29-40/h3-8,11,13,15,20,27-29,34-35,38,41,46H,9-10,12,14,16-19,21-26,30-33H2,1-2H3,(H2,54,56)(H,57,65,66)/t34-,46?/m0/s1. The molecule has 4 aliphatic heterocycles. The number of imidazole rings is 1. The van der Waals surface area contributed by atoms with Crippen molar-refractivity contribution in [2.24, 2.45) is 13.0 Å². The van der Waals surface area contributed by atoms with Gasteiger partial charge in [0.05, 0.1) is 11.0 Å². The van der Waals surface area contributed by atoms with E-state index in [-0.39, 0.29) is 30.0 Å². The number of nitrogens with one attached hydrogen (secondary N) is 1. The number of likely N-dealkylation sites (tertiary alicyclic amines) is 2. The Morgan fingerprint density at radius 3 is 2.29 bits per heavy atom. The van der Waals surface area contributed by atoms with E-state index in [0.717, 1.165) is 148 Å². The predicted molar refractivity (Wildman–Crippen MR) is 263 cm³/mol. The van der Waals surface area contributed by atoms with Gasteiger partial charge in [0.1, 0.15) is 17.5 Å². The summed E-state index contributed by atoms with van der Waals surface area (Å²) in [6.07, 6.45) is 10.4. The van der Waals surface area contributed by atoms with Crippen LogP contribution in [0.15, 0.2) is 83.9 Å². The molecule has 4 saturated heterocycles. The van der Waals surface area contributed by atoms with Crippen LogP contribution < -0.4 is 16.7 Å². The number of piperazine rings is 1. The minimum Gasteiger partial charge on any atom is -0.384 e. The normalized spacial score (nSPS) is 21.8. The first-order valence-electron chi connectivity index (χ1n) is 24.9. The van der Waals surface area contributed by atoms with Crippen LogP contribution in [-0.4, -0.2) is 119 Å². The summed E-state index contributed by atoms with van der Waals surface area (Å²) >= 11 is 0. The van der Waals surface area contributed by atoms with E-state index in [4.69, 9.17) is 10.7 Å². The van der Waals surface area contributed by atoms with Crippen LogP contribution in [0.4, 0.5) is 5.82 Å². The third-order valence-corrected chi connectivity index (χ3v) is 15.8. The van der Waals surface area contributed by atoms with Gasteiger partial charge < -0.3 is 15.2 Å². The lowest BCUT2D eigenvalue weighted by Gasteiger charge is -2.42. The van der Waals surface area contributed by atoms with Gasteiger partial charge in [0.2, 0.25) is 11.8 Å². The summed E-state index contributed by atoms with van der Waals surface area (Å²) < 4.78 is 5.72. The first-order valence-corrected chi connectivity index (χ1v) is 24.9. The number of anilines is 1. The van der Waals surface area contributed by atoms with Gasteiger partial charge in [-0.05, 0) is 142 Å². The van der Waals surface area contributed by atoms with Gasteiger partial charge in [-0.3, -0.25) is 43.5 Å². The van der Waals surface area contributed by atoms with Crippen LogP contribution in [0.2, 0.25) is 0 Å². The smallest absolute Gasteiger partial charge is 0.330 e. The van der Waals surface area contributed by atoms with Crippen molar-refractivity contribution in [3.63, 3.8) is 0 Å². The zero-order chi connectivity index (χ0) is 46.6. The lowest BCUT2D eigenvalue weighted by atomic mass is 9.88. The fraction of sp³-hybridized carbons (Fsp3) is 0.472. The first-order chi connectivity index (χ1) is 33.0. The number of pyridine rings is 2. The number of hydrogen-bond acceptors (Lipinski definition) is 10. The number of fused-ring (bicyclic) bond motifs is 2. The van der Waals surface area contributed by atoms with Crippen molar-refractivity contribution < 1.29 is 14.4 Å². The lowest BCUT2D eigenvalue weighted by molar-refractivity contribution is -0.135. The second-order valence-electron chi connectivity index (χ2n) is 20.3.